The van der Waals surface area contributed by atoms with Crippen molar-refractivity contribution in [2.45, 2.75) is 6.18 Å². The van der Waals surface area contributed by atoms with Crippen molar-refractivity contribution >= 4 is 54.3 Å². The maximum Gasteiger partial charge on any atom is 0.418 e. The van der Waals surface area contributed by atoms with E-state index in [1.807, 2.05) is 18.2 Å². The van der Waals surface area contributed by atoms with Crippen LogP contribution in [0, 0.1) is 0 Å². The van der Waals surface area contributed by atoms with E-state index >= 15 is 0 Å². The fraction of sp³-hybridized carbons (Fsp3) is 0.0667. The van der Waals surface area contributed by atoms with Crippen LogP contribution in [-0.4, -0.2) is 11.0 Å². The van der Waals surface area contributed by atoms with E-state index in [1.165, 1.54) is 29.5 Å². The van der Waals surface area contributed by atoms with E-state index in [0.717, 1.165) is 15.2 Å². The molecule has 3 aromatic rings. The van der Waals surface area contributed by atoms with E-state index in [4.69, 9.17) is 0 Å². The first-order valence-electron chi connectivity index (χ1n) is 6.64. The molecule has 0 bridgehead atoms. The second-order valence-electron chi connectivity index (χ2n) is 4.73. The number of para-hydroxylation sites is 2. The first-order valence-corrected chi connectivity index (χ1v) is 8.25. The van der Waals surface area contributed by atoms with Gasteiger partial charge in [0.25, 0.3) is 0 Å². The van der Waals surface area contributed by atoms with Gasteiger partial charge in [-0.1, -0.05) is 29.5 Å². The molecule has 24 heavy (non-hydrogen) atoms. The molecule has 0 aliphatic carbocycles. The van der Waals surface area contributed by atoms with Crippen molar-refractivity contribution in [3.8, 4) is 0 Å². The number of benzene rings is 2. The van der Waals surface area contributed by atoms with E-state index in [0.29, 0.717) is 10.6 Å². The van der Waals surface area contributed by atoms with Crippen LogP contribution in [0.5, 0.6) is 0 Å². The number of thiazole rings is 1. The number of halogens is 4. The summed E-state index contributed by atoms with van der Waals surface area (Å²) >= 11 is 4.58. The van der Waals surface area contributed by atoms with E-state index in [9.17, 15) is 18.0 Å². The van der Waals surface area contributed by atoms with Crippen molar-refractivity contribution < 1.29 is 18.0 Å². The molecule has 0 fully saturated rings. The minimum Gasteiger partial charge on any atom is -0.307 e. The number of nitrogens with zero attached hydrogens (tertiary/aromatic N) is 1. The van der Waals surface area contributed by atoms with E-state index in [-0.39, 0.29) is 5.69 Å². The Morgan fingerprint density at radius 2 is 1.83 bits per heavy atom. The molecule has 0 aliphatic heterocycles. The maximum absolute atomic E-state index is 12.9. The zero-order chi connectivity index (χ0) is 17.3. The summed E-state index contributed by atoms with van der Waals surface area (Å²) in [5, 5.41) is 4.95. The number of hydrogen-bond acceptors (Lipinski definition) is 3. The monoisotopic (exact) mass is 415 g/mol. The first-order chi connectivity index (χ1) is 11.3. The van der Waals surface area contributed by atoms with Gasteiger partial charge in [0.2, 0.25) is 0 Å². The Labute approximate surface area is 146 Å². The summed E-state index contributed by atoms with van der Waals surface area (Å²) in [6, 6.07) is 9.46. The van der Waals surface area contributed by atoms with Gasteiger partial charge in [-0.2, -0.15) is 13.2 Å². The number of fused-ring (bicyclic) bond motifs is 1. The lowest BCUT2D eigenvalue weighted by molar-refractivity contribution is -0.136. The molecule has 1 aromatic heterocycles. The first kappa shape index (κ1) is 16.7. The Balaban J connectivity index is 1.80. The predicted molar refractivity (Wildman–Crippen MR) is 91.4 cm³/mol. The molecule has 2 aromatic carbocycles. The number of amides is 2. The standard InChI is InChI=1S/C15H9BrF3N3OS/c16-9-5-3-7-11-12(9)21-14(24-11)22-13(23)20-10-6-2-1-4-8(10)15(17,18)19/h1-7H,(H2,20,21,22,23). The van der Waals surface area contributed by atoms with E-state index < -0.39 is 17.8 Å². The zero-order valence-electron chi connectivity index (χ0n) is 11.8. The third kappa shape index (κ3) is 3.51. The molecule has 4 nitrogen and oxygen atoms in total. The molecular formula is C15H9BrF3N3OS. The summed E-state index contributed by atoms with van der Waals surface area (Å²) in [5.41, 5.74) is -0.550. The van der Waals surface area contributed by atoms with Gasteiger partial charge in [0.1, 0.15) is 0 Å². The van der Waals surface area contributed by atoms with Gasteiger partial charge < -0.3 is 5.32 Å². The second kappa shape index (κ2) is 6.40. The van der Waals surface area contributed by atoms with Crippen LogP contribution >= 0.6 is 27.3 Å². The molecule has 0 radical (unpaired) electrons. The summed E-state index contributed by atoms with van der Waals surface area (Å²) < 4.78 is 40.4. The normalized spacial score (nSPS) is 11.5. The van der Waals surface area contributed by atoms with Crippen LogP contribution in [0.4, 0.5) is 28.8 Å². The summed E-state index contributed by atoms with van der Waals surface area (Å²) in [4.78, 5) is 16.2. The smallest absolute Gasteiger partial charge is 0.307 e. The van der Waals surface area contributed by atoms with Crippen molar-refractivity contribution in [1.82, 2.24) is 4.98 Å². The van der Waals surface area contributed by atoms with Crippen molar-refractivity contribution in [2.24, 2.45) is 0 Å². The molecule has 1 heterocycles. The van der Waals surface area contributed by atoms with Gasteiger partial charge in [-0.25, -0.2) is 9.78 Å². The lowest BCUT2D eigenvalue weighted by atomic mass is 10.1. The molecular weight excluding hydrogens is 407 g/mol. The molecule has 0 unspecified atom stereocenters. The summed E-state index contributed by atoms with van der Waals surface area (Å²) in [5.74, 6) is 0. The van der Waals surface area contributed by atoms with Gasteiger partial charge in [-0.15, -0.1) is 0 Å². The van der Waals surface area contributed by atoms with Crippen LogP contribution in [-0.2, 0) is 6.18 Å². The lowest BCUT2D eigenvalue weighted by Gasteiger charge is -2.13. The third-order valence-electron chi connectivity index (χ3n) is 3.07. The van der Waals surface area contributed by atoms with E-state index in [2.05, 4.69) is 31.5 Å². The Morgan fingerprint density at radius 1 is 1.08 bits per heavy atom. The van der Waals surface area contributed by atoms with Gasteiger partial charge in [0, 0.05) is 4.47 Å². The number of aromatic nitrogens is 1. The maximum atomic E-state index is 12.9. The molecule has 0 aliphatic rings. The SMILES string of the molecule is O=C(Nc1nc2c(Br)cccc2s1)Nc1ccccc1C(F)(F)F. The minimum atomic E-state index is -4.55. The Kier molecular flexibility index (Phi) is 4.46. The average Bonchev–Trinajstić information content (AvgIpc) is 2.90. The van der Waals surface area contributed by atoms with Crippen molar-refractivity contribution in [1.29, 1.82) is 0 Å². The molecule has 0 atom stereocenters. The number of urea groups is 1. The molecule has 2 amide bonds. The Hall–Kier alpha value is -2.13. The minimum absolute atomic E-state index is 0.291. The van der Waals surface area contributed by atoms with Gasteiger partial charge in [0.05, 0.1) is 21.5 Å². The van der Waals surface area contributed by atoms with Crippen molar-refractivity contribution in [3.05, 3.63) is 52.5 Å². The molecule has 9 heteroatoms. The fourth-order valence-electron chi connectivity index (χ4n) is 2.06. The molecule has 0 saturated heterocycles. The van der Waals surface area contributed by atoms with Gasteiger partial charge >= 0.3 is 12.2 Å². The molecule has 0 spiro atoms. The molecule has 3 rings (SSSR count). The Morgan fingerprint density at radius 3 is 2.54 bits per heavy atom. The molecule has 124 valence electrons. The van der Waals surface area contributed by atoms with Crippen molar-refractivity contribution in [2.75, 3.05) is 10.6 Å². The van der Waals surface area contributed by atoms with Gasteiger partial charge in [-0.05, 0) is 40.2 Å². The molecule has 0 saturated carbocycles. The second-order valence-corrected chi connectivity index (χ2v) is 6.61. The van der Waals surface area contributed by atoms with Crippen LogP contribution < -0.4 is 10.6 Å². The number of alkyl halides is 3. The van der Waals surface area contributed by atoms with Gasteiger partial charge in [-0.3, -0.25) is 5.32 Å². The van der Waals surface area contributed by atoms with Crippen LogP contribution in [0.2, 0.25) is 0 Å². The van der Waals surface area contributed by atoms with Gasteiger partial charge in [0.15, 0.2) is 5.13 Å². The number of nitrogens with one attached hydrogen (secondary N) is 2. The number of anilines is 2. The quantitative estimate of drug-likeness (QED) is 0.562. The highest BCUT2D eigenvalue weighted by atomic mass is 79.9. The van der Waals surface area contributed by atoms with Crippen LogP contribution in [0.1, 0.15) is 5.56 Å². The number of carbonyl (C=O) groups excluding carboxylic acids is 1. The van der Waals surface area contributed by atoms with Crippen LogP contribution in [0.25, 0.3) is 10.2 Å². The summed E-state index contributed by atoms with van der Waals surface area (Å²) in [7, 11) is 0. The number of carbonyl (C=O) groups is 1. The lowest BCUT2D eigenvalue weighted by Crippen LogP contribution is -2.21. The van der Waals surface area contributed by atoms with Crippen LogP contribution in [0.15, 0.2) is 46.9 Å². The summed E-state index contributed by atoms with van der Waals surface area (Å²) in [6.07, 6.45) is -4.55. The van der Waals surface area contributed by atoms with Crippen LogP contribution in [0.3, 0.4) is 0 Å². The summed E-state index contributed by atoms with van der Waals surface area (Å²) in [6.45, 7) is 0. The molecule has 2 N–H and O–H groups in total. The number of rotatable bonds is 2. The van der Waals surface area contributed by atoms with Crippen molar-refractivity contribution in [3.63, 3.8) is 0 Å². The Bertz CT molecular complexity index is 910. The number of hydrogen-bond donors (Lipinski definition) is 2. The topological polar surface area (TPSA) is 54.0 Å². The highest BCUT2D eigenvalue weighted by Crippen LogP contribution is 2.35. The van der Waals surface area contributed by atoms with E-state index in [1.54, 1.807) is 0 Å². The highest BCUT2D eigenvalue weighted by Gasteiger charge is 2.33. The zero-order valence-corrected chi connectivity index (χ0v) is 14.2. The highest BCUT2D eigenvalue weighted by molar-refractivity contribution is 9.10. The largest absolute Gasteiger partial charge is 0.418 e. The predicted octanol–water partition coefficient (Wildman–Crippen LogP) is 5.72. The fourth-order valence-corrected chi connectivity index (χ4v) is 3.53. The average molecular weight is 416 g/mol. The third-order valence-corrected chi connectivity index (χ3v) is 4.65.